The van der Waals surface area contributed by atoms with Crippen molar-refractivity contribution >= 4 is 16.6 Å². The Morgan fingerprint density at radius 2 is 2.04 bits per heavy atom. The van der Waals surface area contributed by atoms with Crippen molar-refractivity contribution in [1.82, 2.24) is 20.1 Å². The summed E-state index contributed by atoms with van der Waals surface area (Å²) in [6, 6.07) is 9.46. The number of nitrogens with one attached hydrogen (secondary N) is 1. The fourth-order valence-electron chi connectivity index (χ4n) is 3.45. The van der Waals surface area contributed by atoms with Gasteiger partial charge in [-0.15, -0.1) is 10.2 Å². The Labute approximate surface area is 146 Å². The number of hydrogen-bond donors (Lipinski definition) is 2. The zero-order chi connectivity index (χ0) is 17.2. The Balaban J connectivity index is 1.76. The highest BCUT2D eigenvalue weighted by molar-refractivity contribution is 6.00. The minimum absolute atomic E-state index is 0.199. The van der Waals surface area contributed by atoms with Crippen LogP contribution in [0, 0.1) is 0 Å². The lowest BCUT2D eigenvalue weighted by Crippen LogP contribution is -2.40. The second-order valence-electron chi connectivity index (χ2n) is 6.58. The van der Waals surface area contributed by atoms with E-state index in [9.17, 15) is 5.11 Å². The van der Waals surface area contributed by atoms with E-state index in [-0.39, 0.29) is 5.75 Å². The first-order chi connectivity index (χ1) is 12.2. The summed E-state index contributed by atoms with van der Waals surface area (Å²) in [6.45, 7) is 2.13. The van der Waals surface area contributed by atoms with Gasteiger partial charge in [0.1, 0.15) is 11.4 Å². The van der Waals surface area contributed by atoms with Gasteiger partial charge in [0.05, 0.1) is 0 Å². The third kappa shape index (κ3) is 3.13. The number of rotatable bonds is 3. The van der Waals surface area contributed by atoms with Crippen LogP contribution in [0.3, 0.4) is 0 Å². The lowest BCUT2D eigenvalue weighted by molar-refractivity contribution is 0.261. The van der Waals surface area contributed by atoms with Gasteiger partial charge < -0.3 is 15.3 Å². The molecule has 1 aliphatic heterocycles. The quantitative estimate of drug-likeness (QED) is 0.767. The summed E-state index contributed by atoms with van der Waals surface area (Å²) in [7, 11) is 2.14. The lowest BCUT2D eigenvalue weighted by Gasteiger charge is -2.30. The molecule has 3 heterocycles. The molecular formula is C19H21N5O. The summed E-state index contributed by atoms with van der Waals surface area (Å²) in [5.41, 5.74) is 1.34. The van der Waals surface area contributed by atoms with E-state index in [1.807, 2.05) is 24.4 Å². The summed E-state index contributed by atoms with van der Waals surface area (Å²) < 4.78 is 0. The van der Waals surface area contributed by atoms with E-state index >= 15 is 0 Å². The van der Waals surface area contributed by atoms with Crippen molar-refractivity contribution in [3.05, 3.63) is 42.7 Å². The number of para-hydroxylation sites is 1. The Bertz CT molecular complexity index is 898. The number of benzene rings is 1. The predicted octanol–water partition coefficient (Wildman–Crippen LogP) is 2.90. The average Bonchev–Trinajstić information content (AvgIpc) is 2.63. The highest BCUT2D eigenvalue weighted by Crippen LogP contribution is 2.34. The molecule has 1 aliphatic rings. The Morgan fingerprint density at radius 1 is 1.16 bits per heavy atom. The molecule has 128 valence electrons. The smallest absolute Gasteiger partial charge is 0.158 e. The summed E-state index contributed by atoms with van der Waals surface area (Å²) >= 11 is 0. The molecule has 2 N–H and O–H groups in total. The van der Waals surface area contributed by atoms with Gasteiger partial charge >= 0.3 is 0 Å². The number of nitrogens with zero attached hydrogens (tertiary/aromatic N) is 4. The number of phenols is 1. The van der Waals surface area contributed by atoms with Crippen LogP contribution in [0.4, 0.5) is 5.82 Å². The number of aromatic hydroxyl groups is 1. The first-order valence-electron chi connectivity index (χ1n) is 8.56. The van der Waals surface area contributed by atoms with E-state index in [1.165, 1.54) is 6.42 Å². The van der Waals surface area contributed by atoms with Crippen molar-refractivity contribution < 1.29 is 5.11 Å². The van der Waals surface area contributed by atoms with Crippen LogP contribution in [0.2, 0.25) is 0 Å². The fraction of sp³-hybridized carbons (Fsp3) is 0.316. The minimum Gasteiger partial charge on any atom is -0.507 e. The monoisotopic (exact) mass is 335 g/mol. The molecule has 1 unspecified atom stereocenters. The normalized spacial score (nSPS) is 18.4. The van der Waals surface area contributed by atoms with Gasteiger partial charge in [-0.1, -0.05) is 12.1 Å². The third-order valence-electron chi connectivity index (χ3n) is 4.71. The summed E-state index contributed by atoms with van der Waals surface area (Å²) in [5.74, 6) is 0.951. The van der Waals surface area contributed by atoms with Crippen molar-refractivity contribution in [2.45, 2.75) is 18.9 Å². The molecule has 6 nitrogen and oxygen atoms in total. The van der Waals surface area contributed by atoms with Crippen molar-refractivity contribution in [1.29, 1.82) is 0 Å². The number of piperidine rings is 1. The molecule has 3 aromatic rings. The predicted molar refractivity (Wildman–Crippen MR) is 98.6 cm³/mol. The first kappa shape index (κ1) is 15.8. The molecule has 0 spiro atoms. The number of aromatic nitrogens is 3. The largest absolute Gasteiger partial charge is 0.507 e. The molecule has 4 rings (SSSR count). The highest BCUT2D eigenvalue weighted by atomic mass is 16.3. The van der Waals surface area contributed by atoms with E-state index in [0.717, 1.165) is 36.1 Å². The number of likely N-dealkylation sites (N-methyl/N-ethyl adjacent to an activating group) is 1. The molecule has 1 fully saturated rings. The molecule has 0 amide bonds. The average molecular weight is 335 g/mol. The second kappa shape index (κ2) is 6.64. The third-order valence-corrected chi connectivity index (χ3v) is 4.71. The molecule has 25 heavy (non-hydrogen) atoms. The summed E-state index contributed by atoms with van der Waals surface area (Å²) in [4.78, 5) is 6.58. The molecule has 1 atom stereocenters. The van der Waals surface area contributed by atoms with Crippen LogP contribution in [0.1, 0.15) is 12.8 Å². The number of anilines is 1. The number of fused-ring (bicyclic) bond motifs is 1. The van der Waals surface area contributed by atoms with E-state index in [1.54, 1.807) is 18.3 Å². The minimum atomic E-state index is 0.199. The maximum Gasteiger partial charge on any atom is 0.158 e. The van der Waals surface area contributed by atoms with Crippen LogP contribution in [0.15, 0.2) is 42.7 Å². The Kier molecular flexibility index (Phi) is 4.19. The summed E-state index contributed by atoms with van der Waals surface area (Å²) in [6.07, 6.45) is 5.84. The molecule has 0 aliphatic carbocycles. The zero-order valence-electron chi connectivity index (χ0n) is 14.2. The molecule has 0 radical (unpaired) electrons. The topological polar surface area (TPSA) is 74.2 Å². The van der Waals surface area contributed by atoms with Crippen LogP contribution in [-0.4, -0.2) is 51.4 Å². The van der Waals surface area contributed by atoms with Crippen molar-refractivity contribution in [2.75, 3.05) is 25.5 Å². The van der Waals surface area contributed by atoms with Gasteiger partial charge in [-0.2, -0.15) is 0 Å². The number of pyridine rings is 1. The molecule has 6 heteroatoms. The van der Waals surface area contributed by atoms with Gasteiger partial charge in [0.15, 0.2) is 5.82 Å². The molecule has 1 saturated heterocycles. The van der Waals surface area contributed by atoms with E-state index in [4.69, 9.17) is 0 Å². The summed E-state index contributed by atoms with van der Waals surface area (Å²) in [5, 5.41) is 24.4. The van der Waals surface area contributed by atoms with Crippen LogP contribution in [0.5, 0.6) is 5.75 Å². The SMILES string of the molecule is CN1CCCC(Nc2nnc(-c3ccccc3O)c3ccncc23)C1. The van der Waals surface area contributed by atoms with Gasteiger partial charge in [-0.05, 0) is 44.6 Å². The van der Waals surface area contributed by atoms with E-state index < -0.39 is 0 Å². The van der Waals surface area contributed by atoms with Gasteiger partial charge in [0.2, 0.25) is 0 Å². The molecule has 0 bridgehead atoms. The second-order valence-corrected chi connectivity index (χ2v) is 6.58. The number of hydrogen-bond acceptors (Lipinski definition) is 6. The Morgan fingerprint density at radius 3 is 2.88 bits per heavy atom. The molecular weight excluding hydrogens is 314 g/mol. The fourth-order valence-corrected chi connectivity index (χ4v) is 3.45. The van der Waals surface area contributed by atoms with Gasteiger partial charge in [-0.25, -0.2) is 0 Å². The molecule has 2 aromatic heterocycles. The standard InChI is InChI=1S/C19H21N5O/c1-24-10-4-5-13(12-24)21-19-16-11-20-9-8-14(16)18(22-23-19)15-6-2-3-7-17(15)25/h2-3,6-9,11,13,25H,4-5,10,12H2,1H3,(H,21,23). The van der Waals surface area contributed by atoms with Crippen LogP contribution < -0.4 is 5.32 Å². The van der Waals surface area contributed by atoms with Crippen molar-refractivity contribution in [2.24, 2.45) is 0 Å². The highest BCUT2D eigenvalue weighted by Gasteiger charge is 2.20. The lowest BCUT2D eigenvalue weighted by atomic mass is 10.0. The number of likely N-dealkylation sites (tertiary alicyclic amines) is 1. The number of phenolic OH excluding ortho intramolecular Hbond substituents is 1. The van der Waals surface area contributed by atoms with Crippen LogP contribution in [0.25, 0.3) is 22.0 Å². The van der Waals surface area contributed by atoms with Crippen LogP contribution >= 0.6 is 0 Å². The van der Waals surface area contributed by atoms with Crippen molar-refractivity contribution in [3.8, 4) is 17.0 Å². The molecule has 1 aromatic carbocycles. The van der Waals surface area contributed by atoms with Gasteiger partial charge in [-0.3, -0.25) is 4.98 Å². The van der Waals surface area contributed by atoms with Crippen molar-refractivity contribution in [3.63, 3.8) is 0 Å². The van der Waals surface area contributed by atoms with E-state index in [2.05, 4.69) is 32.4 Å². The zero-order valence-corrected chi connectivity index (χ0v) is 14.2. The van der Waals surface area contributed by atoms with E-state index in [0.29, 0.717) is 17.3 Å². The maximum atomic E-state index is 10.2. The maximum absolute atomic E-state index is 10.2. The van der Waals surface area contributed by atoms with Crippen LogP contribution in [-0.2, 0) is 0 Å². The molecule has 0 saturated carbocycles. The Hall–Kier alpha value is -2.73. The van der Waals surface area contributed by atoms with Gasteiger partial charge in [0.25, 0.3) is 0 Å². The van der Waals surface area contributed by atoms with Gasteiger partial charge in [0, 0.05) is 41.3 Å². The first-order valence-corrected chi connectivity index (χ1v) is 8.56.